The number of halogens is 1. The topological polar surface area (TPSA) is 39.4 Å². The summed E-state index contributed by atoms with van der Waals surface area (Å²) in [5.41, 5.74) is 0.728. The van der Waals surface area contributed by atoms with Gasteiger partial charge < -0.3 is 9.15 Å². The van der Waals surface area contributed by atoms with Crippen molar-refractivity contribution in [2.75, 3.05) is 0 Å². The van der Waals surface area contributed by atoms with E-state index >= 15 is 0 Å². The third-order valence-corrected chi connectivity index (χ3v) is 2.22. The highest BCUT2D eigenvalue weighted by Gasteiger charge is 2.00. The molecule has 3 nitrogen and oxygen atoms in total. The molecule has 2 rings (SSSR count). The second-order valence-corrected chi connectivity index (χ2v) is 3.57. The lowest BCUT2D eigenvalue weighted by Crippen LogP contribution is -1.99. The smallest absolute Gasteiger partial charge is 0.331 e. The highest BCUT2D eigenvalue weighted by atomic mass is 19.1. The fourth-order valence-electron chi connectivity index (χ4n) is 1.32. The summed E-state index contributed by atoms with van der Waals surface area (Å²) in [7, 11) is 0. The first-order valence-electron chi connectivity index (χ1n) is 5.37. The maximum absolute atomic E-state index is 12.6. The molecule has 0 radical (unpaired) electrons. The molecule has 0 atom stereocenters. The molecule has 0 amide bonds. The van der Waals surface area contributed by atoms with Crippen LogP contribution >= 0.6 is 0 Å². The molecule has 0 aliphatic heterocycles. The number of rotatable bonds is 4. The normalized spacial score (nSPS) is 10.7. The zero-order chi connectivity index (χ0) is 12.8. The Morgan fingerprint density at radius 3 is 2.72 bits per heavy atom. The zero-order valence-electron chi connectivity index (χ0n) is 9.51. The summed E-state index contributed by atoms with van der Waals surface area (Å²) >= 11 is 0. The third kappa shape index (κ3) is 3.59. The maximum atomic E-state index is 12.6. The highest BCUT2D eigenvalue weighted by molar-refractivity contribution is 5.86. The van der Waals surface area contributed by atoms with E-state index in [1.807, 2.05) is 0 Å². The first-order chi connectivity index (χ1) is 8.74. The summed E-state index contributed by atoms with van der Waals surface area (Å²) in [5, 5.41) is 0. The fraction of sp³-hybridized carbons (Fsp3) is 0.0714. The molecule has 92 valence electrons. The second-order valence-electron chi connectivity index (χ2n) is 3.57. The molecule has 0 bridgehead atoms. The van der Waals surface area contributed by atoms with E-state index < -0.39 is 5.97 Å². The van der Waals surface area contributed by atoms with Crippen molar-refractivity contribution in [2.24, 2.45) is 0 Å². The van der Waals surface area contributed by atoms with Gasteiger partial charge >= 0.3 is 5.97 Å². The first kappa shape index (κ1) is 12.1. The number of carbonyl (C=O) groups excluding carboxylic acids is 1. The number of hydrogen-bond donors (Lipinski definition) is 0. The van der Waals surface area contributed by atoms with Crippen LogP contribution in [0.15, 0.2) is 53.2 Å². The molecule has 18 heavy (non-hydrogen) atoms. The SMILES string of the molecule is O=C(/C=C/c1ccc(F)cc1)OCc1ccco1. The largest absolute Gasteiger partial charge is 0.466 e. The lowest BCUT2D eigenvalue weighted by molar-refractivity contribution is -0.139. The van der Waals surface area contributed by atoms with Gasteiger partial charge in [-0.05, 0) is 35.9 Å². The molecule has 0 aliphatic rings. The van der Waals surface area contributed by atoms with Crippen LogP contribution in [0.1, 0.15) is 11.3 Å². The lowest BCUT2D eigenvalue weighted by Gasteiger charge is -1.98. The van der Waals surface area contributed by atoms with Crippen molar-refractivity contribution < 1.29 is 18.3 Å². The molecule has 0 aliphatic carbocycles. The maximum Gasteiger partial charge on any atom is 0.331 e. The Labute approximate surface area is 103 Å². The predicted octanol–water partition coefficient (Wildman–Crippen LogP) is 3.18. The summed E-state index contributed by atoms with van der Waals surface area (Å²) in [6, 6.07) is 9.24. The Kier molecular flexibility index (Phi) is 3.91. The number of esters is 1. The Morgan fingerprint density at radius 1 is 1.28 bits per heavy atom. The van der Waals surface area contributed by atoms with E-state index in [2.05, 4.69) is 0 Å². The molecule has 0 N–H and O–H groups in total. The van der Waals surface area contributed by atoms with Crippen LogP contribution in [0, 0.1) is 5.82 Å². The number of furan rings is 1. The van der Waals surface area contributed by atoms with Crippen LogP contribution in [0.25, 0.3) is 6.08 Å². The predicted molar refractivity (Wildman–Crippen MR) is 63.9 cm³/mol. The van der Waals surface area contributed by atoms with Crippen LogP contribution in [0.2, 0.25) is 0 Å². The van der Waals surface area contributed by atoms with E-state index in [0.717, 1.165) is 5.56 Å². The summed E-state index contributed by atoms with van der Waals surface area (Å²) in [5.74, 6) is -0.207. The molecule has 1 heterocycles. The molecule has 0 fully saturated rings. The molecule has 4 heteroatoms. The van der Waals surface area contributed by atoms with Gasteiger partial charge in [-0.15, -0.1) is 0 Å². The summed E-state index contributed by atoms with van der Waals surface area (Å²) in [6.45, 7) is 0.0968. The molecule has 0 unspecified atom stereocenters. The molecule has 0 saturated heterocycles. The van der Waals surface area contributed by atoms with Crippen molar-refractivity contribution in [3.05, 3.63) is 65.9 Å². The van der Waals surface area contributed by atoms with E-state index in [1.54, 1.807) is 30.3 Å². The van der Waals surface area contributed by atoms with Gasteiger partial charge in [0.1, 0.15) is 18.2 Å². The minimum Gasteiger partial charge on any atom is -0.466 e. The van der Waals surface area contributed by atoms with Gasteiger partial charge in [-0.1, -0.05) is 12.1 Å². The number of carbonyl (C=O) groups is 1. The molecule has 1 aromatic heterocycles. The highest BCUT2D eigenvalue weighted by Crippen LogP contribution is 2.06. The van der Waals surface area contributed by atoms with E-state index in [1.165, 1.54) is 24.5 Å². The molecular weight excluding hydrogens is 235 g/mol. The van der Waals surface area contributed by atoms with E-state index in [0.29, 0.717) is 5.76 Å². The number of hydrogen-bond acceptors (Lipinski definition) is 3. The minimum atomic E-state index is -0.476. The van der Waals surface area contributed by atoms with Crippen LogP contribution in [0.3, 0.4) is 0 Å². The van der Waals surface area contributed by atoms with Gasteiger partial charge in [0.15, 0.2) is 0 Å². The Hall–Kier alpha value is -2.36. The van der Waals surface area contributed by atoms with E-state index in [9.17, 15) is 9.18 Å². The number of benzene rings is 1. The van der Waals surface area contributed by atoms with E-state index in [4.69, 9.17) is 9.15 Å². The Bertz CT molecular complexity index is 527. The van der Waals surface area contributed by atoms with Crippen LogP contribution < -0.4 is 0 Å². The monoisotopic (exact) mass is 246 g/mol. The summed E-state index contributed by atoms with van der Waals surface area (Å²) in [6.07, 6.45) is 4.36. The van der Waals surface area contributed by atoms with Crippen LogP contribution in [-0.2, 0) is 16.1 Å². The van der Waals surface area contributed by atoms with Gasteiger partial charge in [0.05, 0.1) is 6.26 Å². The summed E-state index contributed by atoms with van der Waals surface area (Å²) < 4.78 is 22.6. The second kappa shape index (κ2) is 5.82. The minimum absolute atomic E-state index is 0.0968. The average Bonchev–Trinajstić information content (AvgIpc) is 2.89. The van der Waals surface area contributed by atoms with Crippen molar-refractivity contribution in [2.45, 2.75) is 6.61 Å². The molecule has 0 spiro atoms. The van der Waals surface area contributed by atoms with Gasteiger partial charge in [-0.3, -0.25) is 0 Å². The van der Waals surface area contributed by atoms with Gasteiger partial charge in [-0.25, -0.2) is 9.18 Å². The van der Waals surface area contributed by atoms with Crippen molar-refractivity contribution in [3.8, 4) is 0 Å². The van der Waals surface area contributed by atoms with Gasteiger partial charge in [-0.2, -0.15) is 0 Å². The number of ether oxygens (including phenoxy) is 1. The van der Waals surface area contributed by atoms with E-state index in [-0.39, 0.29) is 12.4 Å². The Balaban J connectivity index is 1.85. The fourth-order valence-corrected chi connectivity index (χ4v) is 1.32. The zero-order valence-corrected chi connectivity index (χ0v) is 9.51. The third-order valence-electron chi connectivity index (χ3n) is 2.22. The van der Waals surface area contributed by atoms with Gasteiger partial charge in [0, 0.05) is 6.08 Å². The van der Waals surface area contributed by atoms with Crippen LogP contribution in [0.5, 0.6) is 0 Å². The van der Waals surface area contributed by atoms with Crippen molar-refractivity contribution >= 4 is 12.0 Å². The first-order valence-corrected chi connectivity index (χ1v) is 5.37. The average molecular weight is 246 g/mol. The van der Waals surface area contributed by atoms with Crippen LogP contribution in [-0.4, -0.2) is 5.97 Å². The quantitative estimate of drug-likeness (QED) is 0.614. The Morgan fingerprint density at radius 2 is 2.06 bits per heavy atom. The standard InChI is InChI=1S/C14H11FO3/c15-12-6-3-11(4-7-12)5-8-14(16)18-10-13-2-1-9-17-13/h1-9H,10H2/b8-5+. The van der Waals surface area contributed by atoms with Crippen molar-refractivity contribution in [3.63, 3.8) is 0 Å². The summed E-state index contributed by atoms with van der Waals surface area (Å²) in [4.78, 5) is 11.4. The molecule has 0 saturated carbocycles. The molecule has 1 aromatic carbocycles. The van der Waals surface area contributed by atoms with Gasteiger partial charge in [0.2, 0.25) is 0 Å². The molecular formula is C14H11FO3. The molecule has 2 aromatic rings. The van der Waals surface area contributed by atoms with Crippen molar-refractivity contribution in [1.82, 2.24) is 0 Å². The lowest BCUT2D eigenvalue weighted by atomic mass is 10.2. The van der Waals surface area contributed by atoms with Crippen LogP contribution in [0.4, 0.5) is 4.39 Å². The van der Waals surface area contributed by atoms with Crippen molar-refractivity contribution in [1.29, 1.82) is 0 Å². The van der Waals surface area contributed by atoms with Gasteiger partial charge in [0.25, 0.3) is 0 Å².